The predicted octanol–water partition coefficient (Wildman–Crippen LogP) is 5.30. The Labute approximate surface area is 193 Å². The molecule has 0 atom stereocenters. The molecule has 0 aliphatic carbocycles. The second-order valence-electron chi connectivity index (χ2n) is 8.52. The van der Waals surface area contributed by atoms with E-state index in [0.29, 0.717) is 35.8 Å². The van der Waals surface area contributed by atoms with Crippen molar-refractivity contribution in [2.45, 2.75) is 26.2 Å². The molecular weight excluding hydrogens is 419 g/mol. The average Bonchev–Trinajstić information content (AvgIpc) is 2.84. The lowest BCUT2D eigenvalue weighted by Gasteiger charge is -2.31. The molecule has 1 fully saturated rings. The highest BCUT2D eigenvalue weighted by Gasteiger charge is 2.26. The summed E-state index contributed by atoms with van der Waals surface area (Å²) in [5, 5.41) is 2.83. The van der Waals surface area contributed by atoms with Gasteiger partial charge < -0.3 is 19.9 Å². The van der Waals surface area contributed by atoms with Gasteiger partial charge in [0, 0.05) is 25.0 Å². The molecule has 2 aliphatic rings. The molecule has 0 bridgehead atoms. The van der Waals surface area contributed by atoms with Crippen molar-refractivity contribution in [3.05, 3.63) is 71.7 Å². The molecule has 0 spiro atoms. The second kappa shape index (κ2) is 9.10. The quantitative estimate of drug-likeness (QED) is 0.589. The van der Waals surface area contributed by atoms with Gasteiger partial charge in [0.05, 0.1) is 23.5 Å². The standard InChI is InChI=1S/C26H27FN4O2/c1-18-8-11-24(28-17-18)31-14-15-33-25-20(6-5-7-23(25)31)26(32)29-19-9-10-22(21(27)16-19)30-12-3-2-4-13-30/h5-11,16-17H,2-4,12-15H2,1H3,(H,29,32). The Morgan fingerprint density at radius 1 is 1.03 bits per heavy atom. The number of pyridine rings is 1. The number of aryl methyl sites for hydroxylation is 1. The minimum absolute atomic E-state index is 0.322. The molecular formula is C26H27FN4O2. The van der Waals surface area contributed by atoms with Crippen LogP contribution in [0.2, 0.25) is 0 Å². The van der Waals surface area contributed by atoms with E-state index in [1.165, 1.54) is 12.5 Å². The Kier molecular flexibility index (Phi) is 5.86. The van der Waals surface area contributed by atoms with Gasteiger partial charge in [-0.1, -0.05) is 12.1 Å². The van der Waals surface area contributed by atoms with Crippen molar-refractivity contribution >= 4 is 28.8 Å². The zero-order chi connectivity index (χ0) is 22.8. The summed E-state index contributed by atoms with van der Waals surface area (Å²) >= 11 is 0. The number of rotatable bonds is 4. The first kappa shape index (κ1) is 21.2. The van der Waals surface area contributed by atoms with Crippen molar-refractivity contribution in [2.24, 2.45) is 0 Å². The first-order chi connectivity index (χ1) is 16.1. The second-order valence-corrected chi connectivity index (χ2v) is 8.52. The van der Waals surface area contributed by atoms with Gasteiger partial charge in [0.15, 0.2) is 5.75 Å². The molecule has 6 nitrogen and oxygen atoms in total. The van der Waals surface area contributed by atoms with Crippen molar-refractivity contribution in [1.82, 2.24) is 4.98 Å². The molecule has 33 heavy (non-hydrogen) atoms. The van der Waals surface area contributed by atoms with Gasteiger partial charge in [-0.3, -0.25) is 4.79 Å². The largest absolute Gasteiger partial charge is 0.489 e. The molecule has 1 aromatic heterocycles. The maximum Gasteiger partial charge on any atom is 0.259 e. The number of aromatic nitrogens is 1. The number of ether oxygens (including phenoxy) is 1. The lowest BCUT2D eigenvalue weighted by atomic mass is 10.1. The van der Waals surface area contributed by atoms with Gasteiger partial charge in [-0.05, 0) is 68.1 Å². The minimum Gasteiger partial charge on any atom is -0.489 e. The summed E-state index contributed by atoms with van der Waals surface area (Å²) < 4.78 is 20.7. The molecule has 0 unspecified atom stereocenters. The maximum atomic E-state index is 14.8. The minimum atomic E-state index is -0.337. The molecule has 1 amide bonds. The predicted molar refractivity (Wildman–Crippen MR) is 128 cm³/mol. The fourth-order valence-corrected chi connectivity index (χ4v) is 4.46. The van der Waals surface area contributed by atoms with E-state index in [0.717, 1.165) is 43.0 Å². The highest BCUT2D eigenvalue weighted by Crippen LogP contribution is 2.38. The van der Waals surface area contributed by atoms with Gasteiger partial charge in [-0.2, -0.15) is 0 Å². The van der Waals surface area contributed by atoms with Crippen LogP contribution in [0.15, 0.2) is 54.7 Å². The third-order valence-electron chi connectivity index (χ3n) is 6.17. The van der Waals surface area contributed by atoms with Crippen LogP contribution in [-0.2, 0) is 0 Å². The maximum absolute atomic E-state index is 14.8. The summed E-state index contributed by atoms with van der Waals surface area (Å²) in [6.45, 7) is 4.79. The van der Waals surface area contributed by atoms with Crippen molar-refractivity contribution in [2.75, 3.05) is 41.4 Å². The average molecular weight is 447 g/mol. The number of halogens is 1. The summed E-state index contributed by atoms with van der Waals surface area (Å²) in [4.78, 5) is 21.8. The van der Waals surface area contributed by atoms with Crippen molar-refractivity contribution in [3.8, 4) is 5.75 Å². The van der Waals surface area contributed by atoms with Crippen molar-refractivity contribution < 1.29 is 13.9 Å². The summed E-state index contributed by atoms with van der Waals surface area (Å²) in [6, 6.07) is 14.3. The number of anilines is 4. The van der Waals surface area contributed by atoms with E-state index in [1.54, 1.807) is 18.2 Å². The van der Waals surface area contributed by atoms with Crippen LogP contribution in [0, 0.1) is 12.7 Å². The normalized spacial score (nSPS) is 15.6. The molecule has 0 saturated carbocycles. The number of fused-ring (bicyclic) bond motifs is 1. The number of para-hydroxylation sites is 1. The number of hydrogen-bond acceptors (Lipinski definition) is 5. The number of nitrogens with zero attached hydrogens (tertiary/aromatic N) is 3. The fraction of sp³-hybridized carbons (Fsp3) is 0.308. The molecule has 1 saturated heterocycles. The zero-order valence-corrected chi connectivity index (χ0v) is 18.7. The van der Waals surface area contributed by atoms with Gasteiger partial charge in [-0.15, -0.1) is 0 Å². The van der Waals surface area contributed by atoms with Crippen LogP contribution in [0.3, 0.4) is 0 Å². The molecule has 5 rings (SSSR count). The summed E-state index contributed by atoms with van der Waals surface area (Å²) in [6.07, 6.45) is 5.16. The van der Waals surface area contributed by atoms with Crippen LogP contribution >= 0.6 is 0 Å². The molecule has 3 aromatic rings. The Bertz CT molecular complexity index is 1160. The topological polar surface area (TPSA) is 57.7 Å². The molecule has 2 aromatic carbocycles. The number of hydrogen-bond donors (Lipinski definition) is 1. The monoisotopic (exact) mass is 446 g/mol. The van der Waals surface area contributed by atoms with Crippen LogP contribution in [0.5, 0.6) is 5.75 Å². The van der Waals surface area contributed by atoms with Crippen molar-refractivity contribution in [1.29, 1.82) is 0 Å². The first-order valence-corrected chi connectivity index (χ1v) is 11.4. The van der Waals surface area contributed by atoms with E-state index in [4.69, 9.17) is 4.74 Å². The lowest BCUT2D eigenvalue weighted by molar-refractivity contribution is 0.102. The van der Waals surface area contributed by atoms with Crippen LogP contribution in [0.1, 0.15) is 35.2 Å². The smallest absolute Gasteiger partial charge is 0.259 e. The third-order valence-corrected chi connectivity index (χ3v) is 6.17. The van der Waals surface area contributed by atoms with Gasteiger partial charge in [0.1, 0.15) is 18.2 Å². The Hall–Kier alpha value is -3.61. The third kappa shape index (κ3) is 4.35. The Morgan fingerprint density at radius 3 is 2.64 bits per heavy atom. The fourth-order valence-electron chi connectivity index (χ4n) is 4.46. The molecule has 170 valence electrons. The van der Waals surface area contributed by atoms with E-state index in [2.05, 4.69) is 15.2 Å². The molecule has 0 radical (unpaired) electrons. The molecule has 2 aliphatic heterocycles. The number of amides is 1. The summed E-state index contributed by atoms with van der Waals surface area (Å²) in [5.74, 6) is 0.653. The summed E-state index contributed by atoms with van der Waals surface area (Å²) in [5.41, 5.74) is 3.29. The van der Waals surface area contributed by atoms with Crippen LogP contribution in [0.4, 0.5) is 27.3 Å². The molecule has 3 heterocycles. The van der Waals surface area contributed by atoms with Crippen LogP contribution in [-0.4, -0.2) is 37.1 Å². The number of piperidine rings is 1. The van der Waals surface area contributed by atoms with E-state index in [9.17, 15) is 9.18 Å². The SMILES string of the molecule is Cc1ccc(N2CCOc3c(C(=O)Nc4ccc(N5CCCCC5)c(F)c4)cccc32)nc1. The van der Waals surface area contributed by atoms with Gasteiger partial charge in [0.2, 0.25) is 0 Å². The number of benzene rings is 2. The highest BCUT2D eigenvalue weighted by atomic mass is 19.1. The van der Waals surface area contributed by atoms with Gasteiger partial charge >= 0.3 is 0 Å². The van der Waals surface area contributed by atoms with E-state index < -0.39 is 0 Å². The van der Waals surface area contributed by atoms with Crippen LogP contribution in [0.25, 0.3) is 0 Å². The Morgan fingerprint density at radius 2 is 1.88 bits per heavy atom. The summed E-state index contributed by atoms with van der Waals surface area (Å²) in [7, 11) is 0. The number of nitrogens with one attached hydrogen (secondary N) is 1. The zero-order valence-electron chi connectivity index (χ0n) is 18.7. The molecule has 7 heteroatoms. The van der Waals surface area contributed by atoms with Gasteiger partial charge in [-0.25, -0.2) is 9.37 Å². The van der Waals surface area contributed by atoms with Crippen LogP contribution < -0.4 is 19.9 Å². The van der Waals surface area contributed by atoms with Gasteiger partial charge in [0.25, 0.3) is 5.91 Å². The first-order valence-electron chi connectivity index (χ1n) is 11.4. The Balaban J connectivity index is 1.38. The number of carbonyl (C=O) groups excluding carboxylic acids is 1. The highest BCUT2D eigenvalue weighted by molar-refractivity contribution is 6.07. The van der Waals surface area contributed by atoms with E-state index in [1.807, 2.05) is 42.3 Å². The van der Waals surface area contributed by atoms with Crippen molar-refractivity contribution in [3.63, 3.8) is 0 Å². The van der Waals surface area contributed by atoms with E-state index in [-0.39, 0.29) is 11.7 Å². The van der Waals surface area contributed by atoms with E-state index >= 15 is 0 Å². The lowest BCUT2D eigenvalue weighted by Crippen LogP contribution is -2.30. The number of carbonyl (C=O) groups is 1. The molecule has 1 N–H and O–H groups in total.